The van der Waals surface area contributed by atoms with Gasteiger partial charge in [0.2, 0.25) is 0 Å². The maximum absolute atomic E-state index is 11.7. The Hall–Kier alpha value is -0.900. The predicted octanol–water partition coefficient (Wildman–Crippen LogP) is 1.25. The number of carbonyl (C=O) groups excluding carboxylic acids is 1. The van der Waals surface area contributed by atoms with E-state index in [1.807, 2.05) is 0 Å². The molecule has 0 aromatic rings. The van der Waals surface area contributed by atoms with Gasteiger partial charge in [0.05, 0.1) is 13.7 Å². The zero-order chi connectivity index (χ0) is 11.4. The van der Waals surface area contributed by atoms with E-state index in [-0.39, 0.29) is 12.0 Å². The molecular formula is C12H20N2O2. The number of esters is 1. The molecule has 0 saturated carbocycles. The van der Waals surface area contributed by atoms with Crippen LogP contribution in [0.3, 0.4) is 0 Å². The van der Waals surface area contributed by atoms with E-state index in [0.29, 0.717) is 6.04 Å². The lowest BCUT2D eigenvalue weighted by Crippen LogP contribution is -2.53. The molecule has 0 N–H and O–H groups in total. The van der Waals surface area contributed by atoms with Crippen LogP contribution < -0.4 is 0 Å². The number of fused-ring (bicyclic) bond motifs is 1. The maximum atomic E-state index is 11.7. The number of methoxy groups -OCH3 is 1. The Balaban J connectivity index is 2.10. The second kappa shape index (κ2) is 5.43. The van der Waals surface area contributed by atoms with Gasteiger partial charge in [0, 0.05) is 12.3 Å². The van der Waals surface area contributed by atoms with Crippen LogP contribution in [0.25, 0.3) is 0 Å². The number of ether oxygens (including phenoxy) is 1. The van der Waals surface area contributed by atoms with Gasteiger partial charge in [-0.3, -0.25) is 9.89 Å². The summed E-state index contributed by atoms with van der Waals surface area (Å²) in [5.41, 5.74) is 0. The molecule has 0 aromatic heterocycles. The lowest BCUT2D eigenvalue weighted by molar-refractivity contribution is -0.145. The fourth-order valence-electron chi connectivity index (χ4n) is 2.62. The second-order valence-electron chi connectivity index (χ2n) is 4.58. The number of rotatable bonds is 1. The smallest absolute Gasteiger partial charge is 0.328 e. The van der Waals surface area contributed by atoms with Crippen LogP contribution >= 0.6 is 0 Å². The summed E-state index contributed by atoms with van der Waals surface area (Å²) in [6, 6.07) is 0.191. The molecule has 0 aromatic carbocycles. The van der Waals surface area contributed by atoms with Crippen molar-refractivity contribution in [2.75, 3.05) is 20.2 Å². The van der Waals surface area contributed by atoms with Crippen LogP contribution in [0.2, 0.25) is 0 Å². The molecule has 4 nitrogen and oxygen atoms in total. The molecule has 2 rings (SSSR count). The van der Waals surface area contributed by atoms with Crippen molar-refractivity contribution >= 4 is 12.2 Å². The molecule has 2 aliphatic rings. The standard InChI is InChI=1S/C12H20N2O2/c1-16-12(15)11-9-13-8-10-6-4-2-3-5-7-14(10)11/h9-11H,2-8H2,1H3. The molecule has 2 unspecified atom stereocenters. The van der Waals surface area contributed by atoms with Crippen molar-refractivity contribution in [2.45, 2.75) is 44.2 Å². The summed E-state index contributed by atoms with van der Waals surface area (Å²) >= 11 is 0. The van der Waals surface area contributed by atoms with E-state index in [2.05, 4.69) is 9.89 Å². The molecule has 0 amide bonds. The van der Waals surface area contributed by atoms with Crippen molar-refractivity contribution in [3.63, 3.8) is 0 Å². The highest BCUT2D eigenvalue weighted by Crippen LogP contribution is 2.21. The molecule has 2 atom stereocenters. The quantitative estimate of drug-likeness (QED) is 0.629. The van der Waals surface area contributed by atoms with Gasteiger partial charge in [0.25, 0.3) is 0 Å². The highest BCUT2D eigenvalue weighted by molar-refractivity contribution is 5.94. The zero-order valence-corrected chi connectivity index (χ0v) is 9.89. The molecular weight excluding hydrogens is 204 g/mol. The van der Waals surface area contributed by atoms with E-state index in [1.165, 1.54) is 32.8 Å². The van der Waals surface area contributed by atoms with Crippen LogP contribution in [0, 0.1) is 0 Å². The van der Waals surface area contributed by atoms with E-state index >= 15 is 0 Å². The molecule has 0 radical (unpaired) electrons. The molecule has 1 fully saturated rings. The summed E-state index contributed by atoms with van der Waals surface area (Å²) in [5.74, 6) is -0.172. The minimum atomic E-state index is -0.248. The normalized spacial score (nSPS) is 31.3. The van der Waals surface area contributed by atoms with Gasteiger partial charge in [-0.2, -0.15) is 0 Å². The molecule has 0 aliphatic carbocycles. The van der Waals surface area contributed by atoms with E-state index in [0.717, 1.165) is 19.5 Å². The van der Waals surface area contributed by atoms with Gasteiger partial charge in [-0.25, -0.2) is 4.79 Å². The topological polar surface area (TPSA) is 41.9 Å². The van der Waals surface area contributed by atoms with Crippen LogP contribution in [-0.4, -0.2) is 49.4 Å². The molecule has 16 heavy (non-hydrogen) atoms. The summed E-state index contributed by atoms with van der Waals surface area (Å²) < 4.78 is 4.84. The van der Waals surface area contributed by atoms with Crippen molar-refractivity contribution in [1.29, 1.82) is 0 Å². The van der Waals surface area contributed by atoms with Crippen LogP contribution in [0.15, 0.2) is 4.99 Å². The van der Waals surface area contributed by atoms with Crippen molar-refractivity contribution in [3.05, 3.63) is 0 Å². The van der Waals surface area contributed by atoms with Gasteiger partial charge in [-0.05, 0) is 19.4 Å². The monoisotopic (exact) mass is 224 g/mol. The largest absolute Gasteiger partial charge is 0.468 e. The number of carbonyl (C=O) groups is 1. The van der Waals surface area contributed by atoms with Gasteiger partial charge < -0.3 is 4.74 Å². The highest BCUT2D eigenvalue weighted by Gasteiger charge is 2.33. The average Bonchev–Trinajstić information content (AvgIpc) is 2.28. The first-order chi connectivity index (χ1) is 7.83. The number of aliphatic imine (C=N–C) groups is 1. The summed E-state index contributed by atoms with van der Waals surface area (Å²) in [6.45, 7) is 1.84. The van der Waals surface area contributed by atoms with Gasteiger partial charge in [-0.1, -0.05) is 19.3 Å². The minimum absolute atomic E-state index is 0.172. The van der Waals surface area contributed by atoms with Crippen LogP contribution in [0.5, 0.6) is 0 Å². The lowest BCUT2D eigenvalue weighted by atomic mass is 9.99. The first-order valence-corrected chi connectivity index (χ1v) is 6.16. The molecule has 0 bridgehead atoms. The van der Waals surface area contributed by atoms with Crippen molar-refractivity contribution in [1.82, 2.24) is 4.90 Å². The Bertz CT molecular complexity index is 278. The maximum Gasteiger partial charge on any atom is 0.328 e. The third-order valence-corrected chi connectivity index (χ3v) is 3.54. The first kappa shape index (κ1) is 11.6. The highest BCUT2D eigenvalue weighted by atomic mass is 16.5. The summed E-state index contributed by atoms with van der Waals surface area (Å²) in [4.78, 5) is 18.3. The van der Waals surface area contributed by atoms with Gasteiger partial charge in [0.15, 0.2) is 0 Å². The fourth-order valence-corrected chi connectivity index (χ4v) is 2.62. The third-order valence-electron chi connectivity index (χ3n) is 3.54. The predicted molar refractivity (Wildman–Crippen MR) is 62.7 cm³/mol. The average molecular weight is 224 g/mol. The van der Waals surface area contributed by atoms with E-state index in [4.69, 9.17) is 4.74 Å². The van der Waals surface area contributed by atoms with Crippen molar-refractivity contribution < 1.29 is 9.53 Å². The fraction of sp³-hybridized carbons (Fsp3) is 0.833. The summed E-state index contributed by atoms with van der Waals surface area (Å²) in [6.07, 6.45) is 7.93. The van der Waals surface area contributed by atoms with Crippen LogP contribution in [0.1, 0.15) is 32.1 Å². The summed E-state index contributed by atoms with van der Waals surface area (Å²) in [7, 11) is 1.45. The Morgan fingerprint density at radius 2 is 2.19 bits per heavy atom. The number of hydrogen-bond donors (Lipinski definition) is 0. The van der Waals surface area contributed by atoms with Crippen LogP contribution in [-0.2, 0) is 9.53 Å². The van der Waals surface area contributed by atoms with E-state index in [1.54, 1.807) is 6.21 Å². The van der Waals surface area contributed by atoms with E-state index < -0.39 is 0 Å². The molecule has 1 saturated heterocycles. The Kier molecular flexibility index (Phi) is 3.93. The van der Waals surface area contributed by atoms with Crippen molar-refractivity contribution in [2.24, 2.45) is 4.99 Å². The number of nitrogens with zero attached hydrogens (tertiary/aromatic N) is 2. The zero-order valence-electron chi connectivity index (χ0n) is 9.89. The first-order valence-electron chi connectivity index (χ1n) is 6.16. The molecule has 4 heteroatoms. The van der Waals surface area contributed by atoms with E-state index in [9.17, 15) is 4.79 Å². The molecule has 2 aliphatic heterocycles. The Morgan fingerprint density at radius 3 is 3.00 bits per heavy atom. The molecule has 2 heterocycles. The van der Waals surface area contributed by atoms with Gasteiger partial charge >= 0.3 is 5.97 Å². The van der Waals surface area contributed by atoms with Gasteiger partial charge in [-0.15, -0.1) is 0 Å². The molecule has 0 spiro atoms. The molecule has 90 valence electrons. The minimum Gasteiger partial charge on any atom is -0.468 e. The second-order valence-corrected chi connectivity index (χ2v) is 4.58. The van der Waals surface area contributed by atoms with Crippen LogP contribution in [0.4, 0.5) is 0 Å². The van der Waals surface area contributed by atoms with Crippen molar-refractivity contribution in [3.8, 4) is 0 Å². The third kappa shape index (κ3) is 2.43. The lowest BCUT2D eigenvalue weighted by Gasteiger charge is -2.38. The summed E-state index contributed by atoms with van der Waals surface area (Å²) in [5, 5.41) is 0. The number of hydrogen-bond acceptors (Lipinski definition) is 4. The van der Waals surface area contributed by atoms with Gasteiger partial charge in [0.1, 0.15) is 6.04 Å². The SMILES string of the molecule is COC(=O)C1C=NCC2CCCCCCN21. The Morgan fingerprint density at radius 1 is 1.38 bits per heavy atom. The Labute approximate surface area is 96.7 Å².